The van der Waals surface area contributed by atoms with E-state index in [-0.39, 0.29) is 5.91 Å². The van der Waals surface area contributed by atoms with Gasteiger partial charge in [0, 0.05) is 11.3 Å². The summed E-state index contributed by atoms with van der Waals surface area (Å²) in [7, 11) is 0. The molecule has 5 heteroatoms. The van der Waals surface area contributed by atoms with Crippen LogP contribution < -0.4 is 5.32 Å². The van der Waals surface area contributed by atoms with E-state index in [4.69, 9.17) is 28.5 Å². The van der Waals surface area contributed by atoms with Crippen molar-refractivity contribution >= 4 is 34.8 Å². The zero-order valence-electron chi connectivity index (χ0n) is 9.65. The van der Waals surface area contributed by atoms with Gasteiger partial charge in [-0.15, -0.1) is 0 Å². The van der Waals surface area contributed by atoms with E-state index < -0.39 is 0 Å². The van der Waals surface area contributed by atoms with E-state index >= 15 is 0 Å². The summed E-state index contributed by atoms with van der Waals surface area (Å²) >= 11 is 11.7. The topological polar surface area (TPSA) is 52.9 Å². The molecule has 2 aromatic carbocycles. The molecule has 0 fully saturated rings. The van der Waals surface area contributed by atoms with Gasteiger partial charge in [0.2, 0.25) is 0 Å². The second-order valence-corrected chi connectivity index (χ2v) is 4.59. The fourth-order valence-electron chi connectivity index (χ4n) is 1.47. The molecule has 1 N–H and O–H groups in total. The first kappa shape index (κ1) is 13.4. The SMILES string of the molecule is N#Cc1ccc(C(=O)Nc2ccc(Cl)c(Cl)c2)cc1. The van der Waals surface area contributed by atoms with Crippen molar-refractivity contribution in [2.24, 2.45) is 0 Å². The number of amides is 1. The molecule has 0 aliphatic carbocycles. The Balaban J connectivity index is 2.16. The fourth-order valence-corrected chi connectivity index (χ4v) is 1.77. The Hall–Kier alpha value is -2.02. The van der Waals surface area contributed by atoms with Crippen molar-refractivity contribution in [3.63, 3.8) is 0 Å². The van der Waals surface area contributed by atoms with E-state index in [1.807, 2.05) is 6.07 Å². The molecular formula is C14H8Cl2N2O. The highest BCUT2D eigenvalue weighted by atomic mass is 35.5. The largest absolute Gasteiger partial charge is 0.322 e. The summed E-state index contributed by atoms with van der Waals surface area (Å²) in [4.78, 5) is 11.9. The minimum atomic E-state index is -0.275. The van der Waals surface area contributed by atoms with E-state index in [1.54, 1.807) is 42.5 Å². The lowest BCUT2D eigenvalue weighted by Gasteiger charge is -2.06. The van der Waals surface area contributed by atoms with Crippen LogP contribution in [0.3, 0.4) is 0 Å². The molecule has 0 radical (unpaired) electrons. The average Bonchev–Trinajstić information content (AvgIpc) is 2.43. The molecule has 0 spiro atoms. The molecule has 0 saturated heterocycles. The second-order valence-electron chi connectivity index (χ2n) is 3.77. The van der Waals surface area contributed by atoms with Gasteiger partial charge in [0.1, 0.15) is 0 Å². The van der Waals surface area contributed by atoms with E-state index in [1.165, 1.54) is 0 Å². The predicted octanol–water partition coefficient (Wildman–Crippen LogP) is 4.12. The molecule has 0 atom stereocenters. The molecule has 0 aliphatic rings. The van der Waals surface area contributed by atoms with Crippen LogP contribution in [0, 0.1) is 11.3 Å². The van der Waals surface area contributed by atoms with Crippen molar-refractivity contribution in [3.8, 4) is 6.07 Å². The molecule has 1 amide bonds. The molecule has 0 aromatic heterocycles. The maximum atomic E-state index is 11.9. The van der Waals surface area contributed by atoms with Crippen LogP contribution in [0.4, 0.5) is 5.69 Å². The Labute approximate surface area is 120 Å². The van der Waals surface area contributed by atoms with Crippen LogP contribution in [0.25, 0.3) is 0 Å². The maximum Gasteiger partial charge on any atom is 0.255 e. The molecule has 2 aromatic rings. The molecule has 3 nitrogen and oxygen atoms in total. The van der Waals surface area contributed by atoms with Gasteiger partial charge >= 0.3 is 0 Å². The van der Waals surface area contributed by atoms with Crippen LogP contribution in [0.5, 0.6) is 0 Å². The predicted molar refractivity (Wildman–Crippen MR) is 75.6 cm³/mol. The summed E-state index contributed by atoms with van der Waals surface area (Å²) in [5, 5.41) is 12.2. The lowest BCUT2D eigenvalue weighted by Crippen LogP contribution is -2.11. The van der Waals surface area contributed by atoms with Crippen LogP contribution >= 0.6 is 23.2 Å². The minimum Gasteiger partial charge on any atom is -0.322 e. The normalized spacial score (nSPS) is 9.74. The Kier molecular flexibility index (Phi) is 4.06. The van der Waals surface area contributed by atoms with Gasteiger partial charge in [-0.3, -0.25) is 4.79 Å². The third-order valence-corrected chi connectivity index (χ3v) is 3.19. The van der Waals surface area contributed by atoms with Crippen LogP contribution in [0.2, 0.25) is 10.0 Å². The molecule has 2 rings (SSSR count). The van der Waals surface area contributed by atoms with Crippen LogP contribution in [-0.2, 0) is 0 Å². The zero-order chi connectivity index (χ0) is 13.8. The summed E-state index contributed by atoms with van der Waals surface area (Å²) < 4.78 is 0. The van der Waals surface area contributed by atoms with Crippen molar-refractivity contribution in [2.45, 2.75) is 0 Å². The van der Waals surface area contributed by atoms with Crippen molar-refractivity contribution < 1.29 is 4.79 Å². The minimum absolute atomic E-state index is 0.275. The Morgan fingerprint density at radius 2 is 1.74 bits per heavy atom. The lowest BCUT2D eigenvalue weighted by molar-refractivity contribution is 0.102. The van der Waals surface area contributed by atoms with Gasteiger partial charge in [0.05, 0.1) is 21.7 Å². The molecule has 0 saturated carbocycles. The Morgan fingerprint density at radius 3 is 2.32 bits per heavy atom. The highest BCUT2D eigenvalue weighted by Crippen LogP contribution is 2.25. The van der Waals surface area contributed by atoms with E-state index in [0.29, 0.717) is 26.9 Å². The van der Waals surface area contributed by atoms with Crippen molar-refractivity contribution in [1.29, 1.82) is 5.26 Å². The monoisotopic (exact) mass is 290 g/mol. The molecule has 19 heavy (non-hydrogen) atoms. The number of carbonyl (C=O) groups excluding carboxylic acids is 1. The van der Waals surface area contributed by atoms with Crippen LogP contribution in [0.1, 0.15) is 15.9 Å². The Morgan fingerprint density at radius 1 is 1.05 bits per heavy atom. The number of rotatable bonds is 2. The van der Waals surface area contributed by atoms with Crippen molar-refractivity contribution in [3.05, 3.63) is 63.6 Å². The standard InChI is InChI=1S/C14H8Cl2N2O/c15-12-6-5-11(7-13(12)16)18-14(19)10-3-1-9(8-17)2-4-10/h1-7H,(H,18,19). The van der Waals surface area contributed by atoms with Crippen LogP contribution in [-0.4, -0.2) is 5.91 Å². The number of anilines is 1. The van der Waals surface area contributed by atoms with E-state index in [9.17, 15) is 4.79 Å². The van der Waals surface area contributed by atoms with Gasteiger partial charge in [-0.2, -0.15) is 5.26 Å². The summed E-state index contributed by atoms with van der Waals surface area (Å²) in [6.07, 6.45) is 0. The van der Waals surface area contributed by atoms with E-state index in [2.05, 4.69) is 5.32 Å². The molecular weight excluding hydrogens is 283 g/mol. The number of hydrogen-bond donors (Lipinski definition) is 1. The van der Waals surface area contributed by atoms with Gasteiger partial charge in [0.25, 0.3) is 5.91 Å². The third kappa shape index (κ3) is 3.25. The van der Waals surface area contributed by atoms with Crippen molar-refractivity contribution in [1.82, 2.24) is 0 Å². The third-order valence-electron chi connectivity index (χ3n) is 2.45. The number of halogens is 2. The first-order valence-electron chi connectivity index (χ1n) is 5.37. The molecule has 0 heterocycles. The summed E-state index contributed by atoms with van der Waals surface area (Å²) in [5.74, 6) is -0.275. The number of nitriles is 1. The summed E-state index contributed by atoms with van der Waals surface area (Å²) in [6, 6.07) is 13.2. The highest BCUT2D eigenvalue weighted by molar-refractivity contribution is 6.42. The summed E-state index contributed by atoms with van der Waals surface area (Å²) in [5.41, 5.74) is 1.53. The zero-order valence-corrected chi connectivity index (χ0v) is 11.2. The number of nitrogens with one attached hydrogen (secondary N) is 1. The number of carbonyl (C=O) groups is 1. The van der Waals surface area contributed by atoms with Gasteiger partial charge in [-0.1, -0.05) is 23.2 Å². The Bertz CT molecular complexity index is 660. The molecule has 94 valence electrons. The van der Waals surface area contributed by atoms with Gasteiger partial charge in [-0.05, 0) is 42.5 Å². The molecule has 0 bridgehead atoms. The first-order chi connectivity index (χ1) is 9.10. The molecule has 0 aliphatic heterocycles. The van der Waals surface area contributed by atoms with E-state index in [0.717, 1.165) is 0 Å². The highest BCUT2D eigenvalue weighted by Gasteiger charge is 2.07. The fraction of sp³-hybridized carbons (Fsp3) is 0. The summed E-state index contributed by atoms with van der Waals surface area (Å²) in [6.45, 7) is 0. The quantitative estimate of drug-likeness (QED) is 0.905. The average molecular weight is 291 g/mol. The van der Waals surface area contributed by atoms with Crippen LogP contribution in [0.15, 0.2) is 42.5 Å². The van der Waals surface area contributed by atoms with Gasteiger partial charge in [-0.25, -0.2) is 0 Å². The van der Waals surface area contributed by atoms with Crippen molar-refractivity contribution in [2.75, 3.05) is 5.32 Å². The first-order valence-corrected chi connectivity index (χ1v) is 6.12. The molecule has 0 unspecified atom stereocenters. The smallest absolute Gasteiger partial charge is 0.255 e. The van der Waals surface area contributed by atoms with Gasteiger partial charge < -0.3 is 5.32 Å². The lowest BCUT2D eigenvalue weighted by atomic mass is 10.1. The second kappa shape index (κ2) is 5.75. The number of benzene rings is 2. The number of nitrogens with zero attached hydrogens (tertiary/aromatic N) is 1. The maximum absolute atomic E-state index is 11.9. The number of hydrogen-bond acceptors (Lipinski definition) is 2. The van der Waals surface area contributed by atoms with Gasteiger partial charge in [0.15, 0.2) is 0 Å².